The molecule has 4 aromatic carbocycles. The molecule has 2 aliphatic heterocycles. The van der Waals surface area contributed by atoms with E-state index in [2.05, 4.69) is 0 Å². The van der Waals surface area contributed by atoms with E-state index in [1.165, 1.54) is 0 Å². The maximum absolute atomic E-state index is 13.5. The lowest BCUT2D eigenvalue weighted by molar-refractivity contribution is -0.301. The molecule has 8 nitrogen and oxygen atoms in total. The summed E-state index contributed by atoms with van der Waals surface area (Å²) in [6, 6.07) is 39.9. The molecule has 252 valence electrons. The van der Waals surface area contributed by atoms with Crippen LogP contribution < -0.4 is 0 Å². The number of ether oxygens (including phenoxy) is 6. The van der Waals surface area contributed by atoms with Crippen molar-refractivity contribution in [2.45, 2.75) is 76.6 Å². The summed E-state index contributed by atoms with van der Waals surface area (Å²) in [5.74, 6) is -0.0490. The third kappa shape index (κ3) is 8.76. The summed E-state index contributed by atoms with van der Waals surface area (Å²) in [4.78, 5) is 15.3. The summed E-state index contributed by atoms with van der Waals surface area (Å²) in [5.41, 5.74) is 3.94. The van der Waals surface area contributed by atoms with Crippen LogP contribution in [0.4, 0.5) is 0 Å². The predicted octanol–water partition coefficient (Wildman–Crippen LogP) is 6.49. The van der Waals surface area contributed by atoms with Gasteiger partial charge in [0.2, 0.25) is 0 Å². The zero-order valence-corrected chi connectivity index (χ0v) is 27.6. The molecule has 2 aliphatic rings. The second-order valence-corrected chi connectivity index (χ2v) is 12.1. The van der Waals surface area contributed by atoms with Gasteiger partial charge in [-0.15, -0.1) is 0 Å². The quantitative estimate of drug-likeness (QED) is 0.128. The van der Waals surface area contributed by atoms with Crippen molar-refractivity contribution in [1.29, 1.82) is 0 Å². The number of rotatable bonds is 16. The van der Waals surface area contributed by atoms with Crippen LogP contribution in [0.25, 0.3) is 0 Å². The second kappa shape index (κ2) is 17.0. The van der Waals surface area contributed by atoms with Gasteiger partial charge in [0.1, 0.15) is 30.5 Å². The summed E-state index contributed by atoms with van der Waals surface area (Å²) in [7, 11) is 0. The Morgan fingerprint density at radius 3 is 1.67 bits per heavy atom. The fourth-order valence-corrected chi connectivity index (χ4v) is 6.12. The summed E-state index contributed by atoms with van der Waals surface area (Å²) < 4.78 is 39.4. The van der Waals surface area contributed by atoms with Crippen LogP contribution >= 0.6 is 0 Å². The van der Waals surface area contributed by atoms with Gasteiger partial charge >= 0.3 is 0 Å². The van der Waals surface area contributed by atoms with Gasteiger partial charge in [-0.25, -0.2) is 0 Å². The second-order valence-electron chi connectivity index (χ2n) is 12.1. The van der Waals surface area contributed by atoms with Crippen LogP contribution in [0.15, 0.2) is 121 Å². The van der Waals surface area contributed by atoms with Crippen LogP contribution in [-0.2, 0) is 53.0 Å². The van der Waals surface area contributed by atoms with E-state index in [1.807, 2.05) is 135 Å². The Bertz CT molecular complexity index is 1520. The molecular formula is C40H45NO7. The van der Waals surface area contributed by atoms with Gasteiger partial charge in [0.15, 0.2) is 12.4 Å². The number of carbonyl (C=O) groups is 1. The summed E-state index contributed by atoms with van der Waals surface area (Å²) in [5, 5.41) is 0. The molecule has 0 unspecified atom stereocenters. The highest BCUT2D eigenvalue weighted by molar-refractivity contribution is 5.84. The van der Waals surface area contributed by atoms with Gasteiger partial charge in [-0.05, 0) is 30.5 Å². The van der Waals surface area contributed by atoms with Crippen molar-refractivity contribution in [3.05, 3.63) is 144 Å². The molecule has 0 radical (unpaired) electrons. The molecule has 0 aliphatic carbocycles. The van der Waals surface area contributed by atoms with Crippen LogP contribution in [0.3, 0.4) is 0 Å². The van der Waals surface area contributed by atoms with Crippen molar-refractivity contribution >= 4 is 5.91 Å². The first-order valence-corrected chi connectivity index (χ1v) is 16.9. The number of epoxide rings is 1. The first-order valence-electron chi connectivity index (χ1n) is 16.9. The molecule has 0 saturated carbocycles. The molecule has 4 aromatic rings. The van der Waals surface area contributed by atoms with E-state index in [4.69, 9.17) is 28.4 Å². The lowest BCUT2D eigenvalue weighted by Crippen LogP contribution is -2.55. The van der Waals surface area contributed by atoms with Crippen LogP contribution in [0.2, 0.25) is 0 Å². The highest BCUT2D eigenvalue weighted by atomic mass is 16.7. The molecule has 0 aromatic heterocycles. The summed E-state index contributed by atoms with van der Waals surface area (Å²) >= 11 is 0. The van der Waals surface area contributed by atoms with Gasteiger partial charge in [0.05, 0.1) is 26.4 Å². The molecule has 2 fully saturated rings. The highest BCUT2D eigenvalue weighted by Crippen LogP contribution is 2.38. The SMILES string of the molecule is CCN(CC)C(=O)[C@H]1O[C@@H]1[C@H](OCc1ccccc1)[C@@H](OCc1ccccc1)[C@@H]1O[C@H](c2ccccc2)OC[C@H]1OCc1ccccc1. The first kappa shape index (κ1) is 34.0. The van der Waals surface area contributed by atoms with Crippen molar-refractivity contribution in [3.63, 3.8) is 0 Å². The smallest absolute Gasteiger partial charge is 0.254 e. The fraction of sp³-hybridized carbons (Fsp3) is 0.375. The lowest BCUT2D eigenvalue weighted by Gasteiger charge is -2.42. The Hall–Kier alpha value is -3.89. The molecule has 2 saturated heterocycles. The van der Waals surface area contributed by atoms with E-state index < -0.39 is 42.9 Å². The largest absolute Gasteiger partial charge is 0.368 e. The highest BCUT2D eigenvalue weighted by Gasteiger charge is 2.57. The van der Waals surface area contributed by atoms with Crippen molar-refractivity contribution in [1.82, 2.24) is 4.90 Å². The van der Waals surface area contributed by atoms with E-state index >= 15 is 0 Å². The van der Waals surface area contributed by atoms with Crippen molar-refractivity contribution in [3.8, 4) is 0 Å². The number of hydrogen-bond donors (Lipinski definition) is 0. The van der Waals surface area contributed by atoms with E-state index in [9.17, 15) is 4.79 Å². The third-order valence-corrected chi connectivity index (χ3v) is 8.82. The molecule has 0 bridgehead atoms. The minimum atomic E-state index is -0.677. The van der Waals surface area contributed by atoms with Crippen molar-refractivity contribution < 1.29 is 33.2 Å². The maximum Gasteiger partial charge on any atom is 0.254 e. The van der Waals surface area contributed by atoms with Gasteiger partial charge in [-0.3, -0.25) is 4.79 Å². The zero-order chi connectivity index (χ0) is 33.1. The summed E-state index contributed by atoms with van der Waals surface area (Å²) in [6.45, 7) is 6.41. The van der Waals surface area contributed by atoms with Gasteiger partial charge in [0.25, 0.3) is 5.91 Å². The fourth-order valence-electron chi connectivity index (χ4n) is 6.12. The number of carbonyl (C=O) groups excluding carboxylic acids is 1. The zero-order valence-electron chi connectivity index (χ0n) is 27.6. The standard InChI is InChI=1S/C40H45NO7/c1-3-41(4-2)39(42)38-37(47-38)36(45-27-31-21-13-7-14-22-31)35(44-26-30-19-11-6-12-20-30)34-33(43-25-29-17-9-5-10-18-29)28-46-40(48-34)32-23-15-8-16-24-32/h5-24,33-38,40H,3-4,25-28H2,1-2H3/t33-,34-,35+,36-,37-,38+,40-/m1/s1. The topological polar surface area (TPSA) is 79.0 Å². The van der Waals surface area contributed by atoms with Gasteiger partial charge < -0.3 is 33.3 Å². The van der Waals surface area contributed by atoms with Crippen LogP contribution in [-0.4, -0.2) is 67.1 Å². The average Bonchev–Trinajstić information content (AvgIpc) is 3.95. The molecular weight excluding hydrogens is 606 g/mol. The minimum Gasteiger partial charge on any atom is -0.368 e. The molecule has 1 amide bonds. The molecule has 8 heteroatoms. The number of benzene rings is 4. The van der Waals surface area contributed by atoms with Crippen LogP contribution in [0.5, 0.6) is 0 Å². The number of amides is 1. The normalized spacial score (nSPS) is 23.2. The van der Waals surface area contributed by atoms with Gasteiger partial charge in [-0.2, -0.15) is 0 Å². The van der Waals surface area contributed by atoms with Crippen LogP contribution in [0.1, 0.15) is 42.4 Å². The lowest BCUT2D eigenvalue weighted by atomic mass is 9.97. The first-order chi connectivity index (χ1) is 23.6. The van der Waals surface area contributed by atoms with E-state index in [-0.39, 0.29) is 12.5 Å². The van der Waals surface area contributed by atoms with Crippen molar-refractivity contribution in [2.24, 2.45) is 0 Å². The Balaban J connectivity index is 1.34. The molecule has 7 atom stereocenters. The van der Waals surface area contributed by atoms with Gasteiger partial charge in [-0.1, -0.05) is 121 Å². The number of likely N-dealkylation sites (N-methyl/N-ethyl adjacent to an activating group) is 1. The number of nitrogens with zero attached hydrogens (tertiary/aromatic N) is 1. The van der Waals surface area contributed by atoms with E-state index in [0.29, 0.717) is 32.9 Å². The Morgan fingerprint density at radius 2 is 1.15 bits per heavy atom. The van der Waals surface area contributed by atoms with E-state index in [0.717, 1.165) is 22.3 Å². The Labute approximate surface area is 283 Å². The molecule has 2 heterocycles. The Kier molecular flexibility index (Phi) is 12.0. The molecule has 0 spiro atoms. The molecule has 0 N–H and O–H groups in total. The maximum atomic E-state index is 13.5. The number of hydrogen-bond acceptors (Lipinski definition) is 7. The molecule has 6 rings (SSSR count). The molecule has 48 heavy (non-hydrogen) atoms. The van der Waals surface area contributed by atoms with Crippen molar-refractivity contribution in [2.75, 3.05) is 19.7 Å². The average molecular weight is 652 g/mol. The monoisotopic (exact) mass is 651 g/mol. The van der Waals surface area contributed by atoms with Crippen LogP contribution in [0, 0.1) is 0 Å². The van der Waals surface area contributed by atoms with Gasteiger partial charge in [0, 0.05) is 18.7 Å². The Morgan fingerprint density at radius 1 is 0.667 bits per heavy atom. The third-order valence-electron chi connectivity index (χ3n) is 8.82. The van der Waals surface area contributed by atoms with E-state index in [1.54, 1.807) is 4.90 Å². The predicted molar refractivity (Wildman–Crippen MR) is 182 cm³/mol. The summed E-state index contributed by atoms with van der Waals surface area (Å²) in [6.07, 6.45) is -4.25. The minimum absolute atomic E-state index is 0.0490.